The highest BCUT2D eigenvalue weighted by atomic mass is 79.9. The molecule has 3 aromatic carbocycles. The predicted octanol–water partition coefficient (Wildman–Crippen LogP) is 5.30. The quantitative estimate of drug-likeness (QED) is 0.483. The van der Waals surface area contributed by atoms with Gasteiger partial charge in [-0.1, -0.05) is 52.3 Å². The van der Waals surface area contributed by atoms with E-state index in [2.05, 4.69) is 21.0 Å². The van der Waals surface area contributed by atoms with Gasteiger partial charge in [0.05, 0.1) is 25.5 Å². The third-order valence-electron chi connectivity index (χ3n) is 4.71. The van der Waals surface area contributed by atoms with E-state index in [0.29, 0.717) is 28.5 Å². The molecule has 0 unspecified atom stereocenters. The number of hydrogen-bond donors (Lipinski definition) is 0. The van der Waals surface area contributed by atoms with Crippen molar-refractivity contribution >= 4 is 39.3 Å². The maximum absolute atomic E-state index is 13.3. The van der Waals surface area contributed by atoms with E-state index in [-0.39, 0.29) is 5.91 Å². The van der Waals surface area contributed by atoms with Gasteiger partial charge in [-0.15, -0.1) is 0 Å². The number of ether oxygens (including phenoxy) is 2. The summed E-state index contributed by atoms with van der Waals surface area (Å²) in [6.45, 7) is 0. The lowest BCUT2D eigenvalue weighted by atomic mass is 10.00. The molecule has 1 amide bonds. The minimum absolute atomic E-state index is 0.189. The summed E-state index contributed by atoms with van der Waals surface area (Å²) in [5.74, 6) is 1.04. The monoisotopic (exact) mass is 462 g/mol. The Balaban J connectivity index is 1.81. The number of hydrazone groups is 1. The number of benzene rings is 3. The van der Waals surface area contributed by atoms with Crippen molar-refractivity contribution in [3.8, 4) is 11.5 Å². The number of nitrogens with zero attached hydrogens (tertiary/aromatic N) is 2. The van der Waals surface area contributed by atoms with Gasteiger partial charge in [-0.25, -0.2) is 0 Å². The summed E-state index contributed by atoms with van der Waals surface area (Å²) in [6, 6.07) is 22.7. The average molecular weight is 463 g/mol. The number of carbonyl (C=O) groups excluding carboxylic acids is 1. The number of methoxy groups -OCH3 is 2. The van der Waals surface area contributed by atoms with Crippen molar-refractivity contribution < 1.29 is 14.3 Å². The van der Waals surface area contributed by atoms with Gasteiger partial charge in [-0.2, -0.15) is 10.1 Å². The molecule has 0 N–H and O–H groups in total. The molecule has 0 fully saturated rings. The second-order valence-corrected chi connectivity index (χ2v) is 7.50. The van der Waals surface area contributed by atoms with E-state index in [1.54, 1.807) is 14.2 Å². The van der Waals surface area contributed by atoms with Gasteiger partial charge >= 0.3 is 0 Å². The zero-order valence-electron chi connectivity index (χ0n) is 16.5. The largest absolute Gasteiger partial charge is 0.493 e. The Morgan fingerprint density at radius 3 is 2.27 bits per heavy atom. The van der Waals surface area contributed by atoms with Crippen molar-refractivity contribution in [3.63, 3.8) is 0 Å². The molecule has 0 atom stereocenters. The third kappa shape index (κ3) is 3.86. The minimum Gasteiger partial charge on any atom is -0.493 e. The van der Waals surface area contributed by atoms with Crippen molar-refractivity contribution in [3.05, 3.63) is 94.0 Å². The van der Waals surface area contributed by atoms with Crippen molar-refractivity contribution in [2.75, 3.05) is 19.2 Å². The smallest absolute Gasteiger partial charge is 0.281 e. The molecule has 4 rings (SSSR count). The number of carbonyl (C=O) groups is 1. The van der Waals surface area contributed by atoms with Gasteiger partial charge < -0.3 is 9.47 Å². The van der Waals surface area contributed by atoms with Crippen LogP contribution in [0.15, 0.2) is 87.9 Å². The molecule has 150 valence electrons. The van der Waals surface area contributed by atoms with E-state index >= 15 is 0 Å². The van der Waals surface area contributed by atoms with E-state index < -0.39 is 0 Å². The third-order valence-corrected chi connectivity index (χ3v) is 5.24. The van der Waals surface area contributed by atoms with Crippen LogP contribution in [0.4, 0.5) is 5.69 Å². The standard InChI is InChI=1S/C24H19BrN2O3/c1-29-21-13-8-16(15-22(21)30-2)14-20-23(17-6-4-3-5-7-17)26-27(24(20)28)19-11-9-18(25)10-12-19/h3-15H,1-2H3/b20-14+. The summed E-state index contributed by atoms with van der Waals surface area (Å²) in [6.07, 6.45) is 1.83. The fourth-order valence-electron chi connectivity index (χ4n) is 3.22. The summed E-state index contributed by atoms with van der Waals surface area (Å²) >= 11 is 3.43. The van der Waals surface area contributed by atoms with Gasteiger partial charge in [-0.05, 0) is 48.0 Å². The predicted molar refractivity (Wildman–Crippen MR) is 122 cm³/mol. The molecule has 1 heterocycles. The summed E-state index contributed by atoms with van der Waals surface area (Å²) < 4.78 is 11.6. The molecular formula is C24H19BrN2O3. The molecule has 0 saturated heterocycles. The SMILES string of the molecule is COc1ccc(/C=C2/C(=O)N(c3ccc(Br)cc3)N=C2c2ccccc2)cc1OC. The van der Waals surface area contributed by atoms with E-state index in [4.69, 9.17) is 9.47 Å². The van der Waals surface area contributed by atoms with Crippen LogP contribution in [-0.2, 0) is 4.79 Å². The molecule has 0 saturated carbocycles. The van der Waals surface area contributed by atoms with Crippen LogP contribution >= 0.6 is 15.9 Å². The average Bonchev–Trinajstić information content (AvgIpc) is 3.11. The van der Waals surface area contributed by atoms with Crippen molar-refractivity contribution in [1.29, 1.82) is 0 Å². The molecule has 3 aromatic rings. The Bertz CT molecular complexity index is 1140. The zero-order valence-corrected chi connectivity index (χ0v) is 18.1. The Kier molecular flexibility index (Phi) is 5.68. The highest BCUT2D eigenvalue weighted by Crippen LogP contribution is 2.31. The molecular weight excluding hydrogens is 444 g/mol. The van der Waals surface area contributed by atoms with Crippen LogP contribution in [0.3, 0.4) is 0 Å². The first-order valence-corrected chi connectivity index (χ1v) is 10.1. The molecule has 0 aromatic heterocycles. The molecule has 5 nitrogen and oxygen atoms in total. The first-order chi connectivity index (χ1) is 14.6. The molecule has 30 heavy (non-hydrogen) atoms. The van der Waals surface area contributed by atoms with Gasteiger partial charge in [0.1, 0.15) is 5.71 Å². The maximum atomic E-state index is 13.3. The Morgan fingerprint density at radius 1 is 0.900 bits per heavy atom. The number of rotatable bonds is 5. The Hall–Kier alpha value is -3.38. The Labute approximate surface area is 183 Å². The first-order valence-electron chi connectivity index (χ1n) is 9.29. The minimum atomic E-state index is -0.189. The summed E-state index contributed by atoms with van der Waals surface area (Å²) in [5.41, 5.74) is 3.52. The molecule has 0 aliphatic carbocycles. The lowest BCUT2D eigenvalue weighted by Crippen LogP contribution is -2.21. The van der Waals surface area contributed by atoms with Crippen LogP contribution in [0.25, 0.3) is 6.08 Å². The number of hydrogen-bond acceptors (Lipinski definition) is 4. The highest BCUT2D eigenvalue weighted by molar-refractivity contribution is 9.10. The van der Waals surface area contributed by atoms with Crippen molar-refractivity contribution in [1.82, 2.24) is 0 Å². The van der Waals surface area contributed by atoms with Gasteiger partial charge in [0.2, 0.25) is 0 Å². The van der Waals surface area contributed by atoms with Gasteiger partial charge in [0.15, 0.2) is 11.5 Å². The van der Waals surface area contributed by atoms with Crippen LogP contribution in [0.2, 0.25) is 0 Å². The summed E-state index contributed by atoms with van der Waals surface area (Å²) in [7, 11) is 3.17. The van der Waals surface area contributed by atoms with E-state index in [1.165, 1.54) is 5.01 Å². The van der Waals surface area contributed by atoms with Crippen LogP contribution in [0, 0.1) is 0 Å². The first kappa shape index (κ1) is 19.9. The molecule has 1 aliphatic heterocycles. The van der Waals surface area contributed by atoms with Crippen molar-refractivity contribution in [2.45, 2.75) is 0 Å². The maximum Gasteiger partial charge on any atom is 0.281 e. The van der Waals surface area contributed by atoms with Crippen LogP contribution < -0.4 is 14.5 Å². The summed E-state index contributed by atoms with van der Waals surface area (Å²) in [5, 5.41) is 6.09. The fraction of sp³-hybridized carbons (Fsp3) is 0.0833. The lowest BCUT2D eigenvalue weighted by Gasteiger charge is -2.11. The number of anilines is 1. The van der Waals surface area contributed by atoms with E-state index in [1.807, 2.05) is 78.9 Å². The summed E-state index contributed by atoms with van der Waals surface area (Å²) in [4.78, 5) is 13.3. The second-order valence-electron chi connectivity index (χ2n) is 6.58. The van der Waals surface area contributed by atoms with Crippen LogP contribution in [-0.4, -0.2) is 25.8 Å². The topological polar surface area (TPSA) is 51.1 Å². The molecule has 6 heteroatoms. The van der Waals surface area contributed by atoms with Gasteiger partial charge in [0, 0.05) is 10.0 Å². The van der Waals surface area contributed by atoms with Crippen LogP contribution in [0.1, 0.15) is 11.1 Å². The van der Waals surface area contributed by atoms with Gasteiger partial charge in [-0.3, -0.25) is 4.79 Å². The van der Waals surface area contributed by atoms with E-state index in [0.717, 1.165) is 15.6 Å². The highest BCUT2D eigenvalue weighted by Gasteiger charge is 2.32. The number of halogens is 1. The number of amides is 1. The molecule has 0 radical (unpaired) electrons. The van der Waals surface area contributed by atoms with Crippen LogP contribution in [0.5, 0.6) is 11.5 Å². The molecule has 1 aliphatic rings. The van der Waals surface area contributed by atoms with Crippen molar-refractivity contribution in [2.24, 2.45) is 5.10 Å². The normalized spacial score (nSPS) is 14.8. The lowest BCUT2D eigenvalue weighted by molar-refractivity contribution is -0.114. The second kappa shape index (κ2) is 8.55. The molecule has 0 bridgehead atoms. The molecule has 0 spiro atoms. The van der Waals surface area contributed by atoms with Gasteiger partial charge in [0.25, 0.3) is 5.91 Å². The fourth-order valence-corrected chi connectivity index (χ4v) is 3.48. The van der Waals surface area contributed by atoms with E-state index in [9.17, 15) is 4.79 Å². The zero-order chi connectivity index (χ0) is 21.1. The Morgan fingerprint density at radius 2 is 1.60 bits per heavy atom.